The Balaban J connectivity index is 2.23. The highest BCUT2D eigenvalue weighted by molar-refractivity contribution is 7.19. The summed E-state index contributed by atoms with van der Waals surface area (Å²) in [6.45, 7) is 3.46. The van der Waals surface area contributed by atoms with Crippen molar-refractivity contribution in [2.24, 2.45) is 0 Å². The highest BCUT2D eigenvalue weighted by Crippen LogP contribution is 2.33. The number of anilines is 1. The second kappa shape index (κ2) is 6.33. The fourth-order valence-corrected chi connectivity index (χ4v) is 2.57. The molecule has 108 valence electrons. The van der Waals surface area contributed by atoms with Crippen LogP contribution in [0, 0.1) is 19.3 Å². The second-order valence-corrected chi connectivity index (χ2v) is 5.27. The summed E-state index contributed by atoms with van der Waals surface area (Å²) in [6.07, 6.45) is 8.92. The van der Waals surface area contributed by atoms with Gasteiger partial charge in [-0.3, -0.25) is 4.90 Å². The van der Waals surface area contributed by atoms with Gasteiger partial charge in [0.2, 0.25) is 0 Å². The van der Waals surface area contributed by atoms with Gasteiger partial charge in [-0.25, -0.2) is 19.7 Å². The molecular formula is C14H14N4O2S. The molecule has 2 aromatic rings. The van der Waals surface area contributed by atoms with Crippen molar-refractivity contribution in [2.45, 2.75) is 20.0 Å². The van der Waals surface area contributed by atoms with E-state index in [1.54, 1.807) is 26.4 Å². The minimum absolute atomic E-state index is 0.511. The monoisotopic (exact) mass is 302 g/mol. The fourth-order valence-electron chi connectivity index (χ4n) is 1.58. The van der Waals surface area contributed by atoms with E-state index in [1.165, 1.54) is 22.6 Å². The summed E-state index contributed by atoms with van der Waals surface area (Å²) in [7, 11) is 1.62. The van der Waals surface area contributed by atoms with Crippen LogP contribution in [-0.4, -0.2) is 34.2 Å². The van der Waals surface area contributed by atoms with Crippen LogP contribution in [0.4, 0.5) is 9.80 Å². The zero-order valence-corrected chi connectivity index (χ0v) is 12.7. The maximum atomic E-state index is 12.0. The van der Waals surface area contributed by atoms with Crippen LogP contribution in [-0.2, 0) is 4.74 Å². The number of aromatic nitrogens is 3. The van der Waals surface area contributed by atoms with Gasteiger partial charge in [0.1, 0.15) is 16.3 Å². The lowest BCUT2D eigenvalue weighted by molar-refractivity contribution is 0.139. The van der Waals surface area contributed by atoms with Crippen molar-refractivity contribution < 1.29 is 9.53 Å². The van der Waals surface area contributed by atoms with Crippen LogP contribution in [0.3, 0.4) is 0 Å². The Bertz CT molecular complexity index is 678. The van der Waals surface area contributed by atoms with E-state index >= 15 is 0 Å². The van der Waals surface area contributed by atoms with Crippen molar-refractivity contribution >= 4 is 22.4 Å². The fraction of sp³-hybridized carbons (Fsp3) is 0.286. The van der Waals surface area contributed by atoms with Gasteiger partial charge >= 0.3 is 6.09 Å². The smallest absolute Gasteiger partial charge is 0.415 e. The second-order valence-electron chi connectivity index (χ2n) is 4.29. The van der Waals surface area contributed by atoms with Crippen molar-refractivity contribution in [3.05, 3.63) is 24.4 Å². The molecule has 0 saturated carbocycles. The first-order valence-electron chi connectivity index (χ1n) is 6.16. The molecule has 1 atom stereocenters. The van der Waals surface area contributed by atoms with E-state index in [-0.39, 0.29) is 0 Å². The van der Waals surface area contributed by atoms with E-state index in [4.69, 9.17) is 11.2 Å². The first-order chi connectivity index (χ1) is 10.0. The first-order valence-corrected chi connectivity index (χ1v) is 6.98. The van der Waals surface area contributed by atoms with E-state index in [0.717, 1.165) is 16.3 Å². The Hall–Kier alpha value is -2.46. The number of hydrogen-bond acceptors (Lipinski definition) is 6. The molecule has 0 spiro atoms. The van der Waals surface area contributed by atoms with Gasteiger partial charge < -0.3 is 4.74 Å². The minimum Gasteiger partial charge on any atom is -0.433 e. The molecule has 21 heavy (non-hydrogen) atoms. The summed E-state index contributed by atoms with van der Waals surface area (Å²) >= 11 is 1.37. The van der Waals surface area contributed by atoms with E-state index in [2.05, 4.69) is 20.9 Å². The van der Waals surface area contributed by atoms with Crippen molar-refractivity contribution in [1.82, 2.24) is 15.0 Å². The van der Waals surface area contributed by atoms with Crippen molar-refractivity contribution in [1.29, 1.82) is 0 Å². The Labute approximate surface area is 126 Å². The molecule has 0 aliphatic rings. The number of terminal acetylenes is 1. The largest absolute Gasteiger partial charge is 0.433 e. The first kappa shape index (κ1) is 14.9. The molecule has 0 saturated heterocycles. The van der Waals surface area contributed by atoms with Gasteiger partial charge in [-0.2, -0.15) is 0 Å². The number of hydrogen-bond donors (Lipinski definition) is 0. The molecule has 0 fully saturated rings. The third kappa shape index (κ3) is 3.35. The molecule has 2 aromatic heterocycles. The predicted octanol–water partition coefficient (Wildman–Crippen LogP) is 2.50. The summed E-state index contributed by atoms with van der Waals surface area (Å²) in [5.41, 5.74) is 1.53. The lowest BCUT2D eigenvalue weighted by Crippen LogP contribution is -2.29. The Kier molecular flexibility index (Phi) is 4.50. The van der Waals surface area contributed by atoms with Gasteiger partial charge in [0.05, 0.1) is 5.69 Å². The Morgan fingerprint density at radius 2 is 2.14 bits per heavy atom. The van der Waals surface area contributed by atoms with Gasteiger partial charge in [0.25, 0.3) is 0 Å². The van der Waals surface area contributed by atoms with Gasteiger partial charge in [0.15, 0.2) is 6.10 Å². The Morgan fingerprint density at radius 1 is 1.48 bits per heavy atom. The molecule has 0 radical (unpaired) electrons. The molecule has 0 N–H and O–H groups in total. The molecule has 0 aromatic carbocycles. The average molecular weight is 302 g/mol. The van der Waals surface area contributed by atoms with Gasteiger partial charge in [-0.15, -0.1) is 6.42 Å². The van der Waals surface area contributed by atoms with Gasteiger partial charge in [-0.1, -0.05) is 17.3 Å². The molecule has 2 heterocycles. The molecule has 1 unspecified atom stereocenters. The third-order valence-electron chi connectivity index (χ3n) is 2.67. The van der Waals surface area contributed by atoms with E-state index in [9.17, 15) is 4.79 Å². The third-order valence-corrected chi connectivity index (χ3v) is 3.95. The number of carbonyl (C=O) groups excluding carboxylic acids is 1. The van der Waals surface area contributed by atoms with Crippen LogP contribution < -0.4 is 4.90 Å². The lowest BCUT2D eigenvalue weighted by atomic mass is 10.3. The number of rotatable bonds is 3. The number of thiazole rings is 1. The zero-order chi connectivity index (χ0) is 15.4. The normalized spacial score (nSPS) is 11.5. The summed E-state index contributed by atoms with van der Waals surface area (Å²) in [4.78, 5) is 25.7. The van der Waals surface area contributed by atoms with E-state index in [1.807, 2.05) is 6.92 Å². The molecular weight excluding hydrogens is 288 g/mol. The predicted molar refractivity (Wildman–Crippen MR) is 81.1 cm³/mol. The van der Waals surface area contributed by atoms with E-state index in [0.29, 0.717) is 5.00 Å². The van der Waals surface area contributed by atoms with Crippen LogP contribution in [0.15, 0.2) is 18.7 Å². The van der Waals surface area contributed by atoms with Crippen LogP contribution in [0.1, 0.15) is 12.6 Å². The summed E-state index contributed by atoms with van der Waals surface area (Å²) in [5.74, 6) is 2.35. The van der Waals surface area contributed by atoms with Crippen LogP contribution in [0.5, 0.6) is 0 Å². The maximum Gasteiger partial charge on any atom is 0.415 e. The minimum atomic E-state index is -0.574. The van der Waals surface area contributed by atoms with Gasteiger partial charge in [0, 0.05) is 25.0 Å². The summed E-state index contributed by atoms with van der Waals surface area (Å²) < 4.78 is 5.09. The molecule has 0 aliphatic carbocycles. The molecule has 6 nitrogen and oxygen atoms in total. The number of ether oxygens (including phenoxy) is 1. The molecule has 7 heteroatoms. The number of amides is 1. The highest BCUT2D eigenvalue weighted by Gasteiger charge is 2.20. The topological polar surface area (TPSA) is 68.2 Å². The SMILES string of the molecule is C#CC(C)OC(=O)N(C)c1sc(-c2cncnc2)nc1C. The number of carbonyl (C=O) groups is 1. The summed E-state index contributed by atoms with van der Waals surface area (Å²) in [5, 5.41) is 1.44. The quantitative estimate of drug-likeness (QED) is 0.815. The number of aryl methyl sites for hydroxylation is 1. The van der Waals surface area contributed by atoms with Crippen LogP contribution in [0.25, 0.3) is 10.6 Å². The maximum absolute atomic E-state index is 12.0. The van der Waals surface area contributed by atoms with Crippen LogP contribution >= 0.6 is 11.3 Å². The molecule has 2 rings (SSSR count). The molecule has 0 bridgehead atoms. The average Bonchev–Trinajstić information content (AvgIpc) is 2.89. The van der Waals surface area contributed by atoms with Crippen molar-refractivity contribution in [3.8, 4) is 22.9 Å². The van der Waals surface area contributed by atoms with Crippen LogP contribution in [0.2, 0.25) is 0 Å². The standard InChI is InChI=1S/C14H14N4O2S/c1-5-9(2)20-14(19)18(4)13-10(3)17-12(21-13)11-6-15-8-16-7-11/h1,6-9H,2-4H3. The summed E-state index contributed by atoms with van der Waals surface area (Å²) in [6, 6.07) is 0. The number of nitrogens with zero attached hydrogens (tertiary/aromatic N) is 4. The van der Waals surface area contributed by atoms with Gasteiger partial charge in [-0.05, 0) is 13.8 Å². The Morgan fingerprint density at radius 3 is 2.76 bits per heavy atom. The highest BCUT2D eigenvalue weighted by atomic mass is 32.1. The van der Waals surface area contributed by atoms with E-state index < -0.39 is 12.2 Å². The van der Waals surface area contributed by atoms with Crippen molar-refractivity contribution in [2.75, 3.05) is 11.9 Å². The molecule has 1 amide bonds. The zero-order valence-electron chi connectivity index (χ0n) is 11.9. The van der Waals surface area contributed by atoms with Crippen molar-refractivity contribution in [3.63, 3.8) is 0 Å². The lowest BCUT2D eigenvalue weighted by Gasteiger charge is -2.16. The molecule has 0 aliphatic heterocycles.